The fraction of sp³-hybridized carbons (Fsp3) is 1.00. The molecule has 0 aliphatic rings. The third kappa shape index (κ3) is 31.9. The average Bonchev–Trinajstić information content (AvgIpc) is 2.30. The molecule has 7 heteroatoms. The van der Waals surface area contributed by atoms with E-state index in [0.717, 1.165) is 12.8 Å². The van der Waals surface area contributed by atoms with Gasteiger partial charge in [0.1, 0.15) is 0 Å². The molecule has 0 aliphatic carbocycles. The van der Waals surface area contributed by atoms with Crippen LogP contribution in [0.15, 0.2) is 0 Å². The smallest absolute Gasteiger partial charge is 0.394 e. The Morgan fingerprint density at radius 3 is 1.63 bits per heavy atom. The van der Waals surface area contributed by atoms with Gasteiger partial charge >= 0.3 is 10.4 Å². The van der Waals surface area contributed by atoms with Gasteiger partial charge in [0, 0.05) is 0 Å². The van der Waals surface area contributed by atoms with Crippen molar-refractivity contribution in [1.29, 1.82) is 0 Å². The van der Waals surface area contributed by atoms with Crippen LogP contribution in [0.2, 0.25) is 0 Å². The molecule has 0 rings (SSSR count). The molecule has 0 radical (unpaired) electrons. The maximum Gasteiger partial charge on any atom is 0.394 e. The van der Waals surface area contributed by atoms with Crippen molar-refractivity contribution in [1.82, 2.24) is 0 Å². The Bertz CT molecular complexity index is 257. The normalized spacial score (nSPS) is 12.7. The van der Waals surface area contributed by atoms with Gasteiger partial charge in [0.15, 0.2) is 0 Å². The number of hydrogen-bond donors (Lipinski definition) is 4. The molecule has 0 saturated heterocycles. The fourth-order valence-electron chi connectivity index (χ4n) is 1.61. The lowest BCUT2D eigenvalue weighted by molar-refractivity contribution is 0.0860. The predicted molar refractivity (Wildman–Crippen MR) is 74.5 cm³/mol. The molecule has 1 atom stereocenters. The van der Waals surface area contributed by atoms with E-state index in [1.165, 1.54) is 44.9 Å². The van der Waals surface area contributed by atoms with E-state index < -0.39 is 16.5 Å². The van der Waals surface area contributed by atoms with Crippen molar-refractivity contribution in [2.45, 2.75) is 70.8 Å². The number of aliphatic hydroxyl groups is 2. The molecule has 0 heterocycles. The summed E-state index contributed by atoms with van der Waals surface area (Å²) in [6.07, 6.45) is 10.5. The van der Waals surface area contributed by atoms with Crippen LogP contribution in [0.25, 0.3) is 0 Å². The van der Waals surface area contributed by atoms with E-state index in [9.17, 15) is 0 Å². The lowest BCUT2D eigenvalue weighted by atomic mass is 10.1. The highest BCUT2D eigenvalue weighted by Gasteiger charge is 2.00. The Morgan fingerprint density at radius 1 is 0.895 bits per heavy atom. The largest absolute Gasteiger partial charge is 0.394 e. The molecule has 0 fully saturated rings. The second kappa shape index (κ2) is 14.2. The topological polar surface area (TPSA) is 115 Å². The molecule has 0 saturated carbocycles. The Kier molecular flexibility index (Phi) is 15.8. The summed E-state index contributed by atoms with van der Waals surface area (Å²) < 4.78 is 31.6. The van der Waals surface area contributed by atoms with E-state index >= 15 is 0 Å². The third-order valence-corrected chi connectivity index (χ3v) is 2.60. The number of hydrogen-bond acceptors (Lipinski definition) is 4. The van der Waals surface area contributed by atoms with E-state index in [0.29, 0.717) is 0 Å². The molecule has 0 aliphatic heterocycles. The minimum absolute atomic E-state index is 0.0868. The third-order valence-electron chi connectivity index (χ3n) is 2.60. The zero-order valence-electron chi connectivity index (χ0n) is 11.7. The van der Waals surface area contributed by atoms with Crippen molar-refractivity contribution >= 4 is 10.4 Å². The molecule has 0 amide bonds. The molecule has 0 bridgehead atoms. The minimum atomic E-state index is -4.67. The van der Waals surface area contributed by atoms with Gasteiger partial charge in [-0.15, -0.1) is 0 Å². The quantitative estimate of drug-likeness (QED) is 0.363. The molecule has 19 heavy (non-hydrogen) atoms. The summed E-state index contributed by atoms with van der Waals surface area (Å²) in [5.74, 6) is 0. The van der Waals surface area contributed by atoms with Gasteiger partial charge < -0.3 is 10.2 Å². The van der Waals surface area contributed by atoms with E-state index in [1.807, 2.05) is 0 Å². The number of aliphatic hydroxyl groups excluding tert-OH is 2. The first-order valence-electron chi connectivity index (χ1n) is 6.80. The molecular formula is C12H28O6S. The maximum absolute atomic E-state index is 9.08. The van der Waals surface area contributed by atoms with Gasteiger partial charge in [0.25, 0.3) is 0 Å². The van der Waals surface area contributed by atoms with Gasteiger partial charge in [0.05, 0.1) is 12.7 Å². The van der Waals surface area contributed by atoms with E-state index in [4.69, 9.17) is 27.7 Å². The molecule has 1 unspecified atom stereocenters. The van der Waals surface area contributed by atoms with Crippen molar-refractivity contribution in [2.24, 2.45) is 0 Å². The summed E-state index contributed by atoms with van der Waals surface area (Å²) in [5.41, 5.74) is 0. The summed E-state index contributed by atoms with van der Waals surface area (Å²) in [6.45, 7) is 2.15. The standard InChI is InChI=1S/C12H26O2.H2O4S/c1-2-3-4-5-6-7-8-9-10-12(14)11-13;1-5(2,3)4/h12-14H,2-11H2,1H3;(H2,1,2,3,4). The second-order valence-electron chi connectivity index (χ2n) is 4.55. The molecule has 0 spiro atoms. The van der Waals surface area contributed by atoms with Crippen LogP contribution in [0.3, 0.4) is 0 Å². The van der Waals surface area contributed by atoms with Crippen LogP contribution >= 0.6 is 0 Å². The number of rotatable bonds is 10. The Labute approximate surface area is 116 Å². The predicted octanol–water partition coefficient (Wildman–Crippen LogP) is 2.22. The van der Waals surface area contributed by atoms with Crippen LogP contribution in [0.1, 0.15) is 64.7 Å². The van der Waals surface area contributed by atoms with Gasteiger partial charge in [-0.2, -0.15) is 8.42 Å². The highest BCUT2D eigenvalue weighted by Crippen LogP contribution is 2.10. The molecule has 0 aromatic carbocycles. The van der Waals surface area contributed by atoms with Crippen LogP contribution in [-0.4, -0.2) is 40.4 Å². The van der Waals surface area contributed by atoms with E-state index in [-0.39, 0.29) is 6.61 Å². The highest BCUT2D eigenvalue weighted by molar-refractivity contribution is 7.79. The monoisotopic (exact) mass is 300 g/mol. The van der Waals surface area contributed by atoms with Crippen molar-refractivity contribution in [3.8, 4) is 0 Å². The summed E-state index contributed by atoms with van der Waals surface area (Å²) in [5, 5.41) is 17.7. The molecule has 0 aromatic heterocycles. The van der Waals surface area contributed by atoms with E-state index in [1.54, 1.807) is 0 Å². The van der Waals surface area contributed by atoms with Gasteiger partial charge in [-0.3, -0.25) is 9.11 Å². The first-order valence-corrected chi connectivity index (χ1v) is 8.19. The van der Waals surface area contributed by atoms with Crippen LogP contribution in [-0.2, 0) is 10.4 Å². The van der Waals surface area contributed by atoms with Gasteiger partial charge in [-0.05, 0) is 6.42 Å². The molecule has 0 aromatic rings. The summed E-state index contributed by atoms with van der Waals surface area (Å²) in [4.78, 5) is 0. The van der Waals surface area contributed by atoms with Crippen molar-refractivity contribution in [3.05, 3.63) is 0 Å². The van der Waals surface area contributed by atoms with Crippen LogP contribution in [0, 0.1) is 0 Å². The van der Waals surface area contributed by atoms with Gasteiger partial charge in [0.2, 0.25) is 0 Å². The van der Waals surface area contributed by atoms with E-state index in [2.05, 4.69) is 6.92 Å². The number of unbranched alkanes of at least 4 members (excludes halogenated alkanes) is 7. The maximum atomic E-state index is 9.08. The fourth-order valence-corrected chi connectivity index (χ4v) is 1.61. The molecule has 118 valence electrons. The van der Waals surface area contributed by atoms with Crippen LogP contribution in [0.4, 0.5) is 0 Å². The zero-order valence-corrected chi connectivity index (χ0v) is 12.5. The summed E-state index contributed by atoms with van der Waals surface area (Å²) in [6, 6.07) is 0. The molecule has 6 nitrogen and oxygen atoms in total. The van der Waals surface area contributed by atoms with Crippen LogP contribution in [0.5, 0.6) is 0 Å². The van der Waals surface area contributed by atoms with Crippen molar-refractivity contribution < 1.29 is 27.7 Å². The van der Waals surface area contributed by atoms with Crippen molar-refractivity contribution in [2.75, 3.05) is 6.61 Å². The molecular weight excluding hydrogens is 272 g/mol. The second-order valence-corrected chi connectivity index (χ2v) is 5.44. The van der Waals surface area contributed by atoms with Gasteiger partial charge in [-0.25, -0.2) is 0 Å². The highest BCUT2D eigenvalue weighted by atomic mass is 32.3. The Hall–Kier alpha value is -0.210. The average molecular weight is 300 g/mol. The summed E-state index contributed by atoms with van der Waals surface area (Å²) in [7, 11) is -4.67. The lowest BCUT2D eigenvalue weighted by Gasteiger charge is -2.06. The zero-order chi connectivity index (χ0) is 15.1. The lowest BCUT2D eigenvalue weighted by Crippen LogP contribution is -2.10. The summed E-state index contributed by atoms with van der Waals surface area (Å²) >= 11 is 0. The Morgan fingerprint density at radius 2 is 1.26 bits per heavy atom. The van der Waals surface area contributed by atoms with Crippen molar-refractivity contribution in [3.63, 3.8) is 0 Å². The van der Waals surface area contributed by atoms with Crippen LogP contribution < -0.4 is 0 Å². The SMILES string of the molecule is CCCCCCCCCCC(O)CO.O=S(=O)(O)O. The first kappa shape index (κ1) is 21.1. The first-order chi connectivity index (χ1) is 8.81. The minimum Gasteiger partial charge on any atom is -0.394 e. The Balaban J connectivity index is 0. The van der Waals surface area contributed by atoms with Gasteiger partial charge in [-0.1, -0.05) is 58.3 Å². The molecule has 4 N–H and O–H groups in total.